The van der Waals surface area contributed by atoms with E-state index < -0.39 is 0 Å². The highest BCUT2D eigenvalue weighted by Gasteiger charge is 2.24. The number of rotatable bonds is 2. The normalized spacial score (nSPS) is 21.2. The van der Waals surface area contributed by atoms with E-state index in [0.29, 0.717) is 19.0 Å². The number of phenolic OH excluding ortho intramolecular Hbond substituents is 1. The summed E-state index contributed by atoms with van der Waals surface area (Å²) in [7, 11) is 0. The minimum Gasteiger partial charge on any atom is -0.508 e. The number of nitrogens with zero attached hydrogens (tertiary/aromatic N) is 1. The summed E-state index contributed by atoms with van der Waals surface area (Å²) >= 11 is 0. The van der Waals surface area contributed by atoms with Crippen LogP contribution < -0.4 is 5.32 Å². The lowest BCUT2D eigenvalue weighted by Gasteiger charge is -2.29. The van der Waals surface area contributed by atoms with Crippen molar-refractivity contribution in [3.63, 3.8) is 0 Å². The average Bonchev–Trinajstić information content (AvgIpc) is 2.90. The second-order valence-corrected chi connectivity index (χ2v) is 5.52. The first kappa shape index (κ1) is 15.1. The van der Waals surface area contributed by atoms with Gasteiger partial charge in [0.15, 0.2) is 0 Å². The van der Waals surface area contributed by atoms with Crippen molar-refractivity contribution in [2.75, 3.05) is 13.1 Å². The molecule has 0 aliphatic carbocycles. The fraction of sp³-hybridized carbons (Fsp3) is 0.533. The van der Waals surface area contributed by atoms with Crippen LogP contribution in [0.4, 0.5) is 0 Å². The maximum atomic E-state index is 12.3. The number of nitrogens with one attached hydrogen (secondary N) is 1. The maximum Gasteiger partial charge on any atom is 0.224 e. The van der Waals surface area contributed by atoms with Crippen molar-refractivity contribution in [1.82, 2.24) is 10.2 Å². The molecule has 2 heterocycles. The molecule has 3 rings (SSSR count). The first-order valence-electron chi connectivity index (χ1n) is 7.04. The van der Waals surface area contributed by atoms with E-state index in [4.69, 9.17) is 0 Å². The Bertz CT molecular complexity index is 487. The highest BCUT2D eigenvalue weighted by molar-refractivity contribution is 5.85. The smallest absolute Gasteiger partial charge is 0.224 e. The number of benzene rings is 1. The molecule has 0 saturated carbocycles. The Balaban J connectivity index is 0.00000147. The van der Waals surface area contributed by atoms with Gasteiger partial charge in [-0.1, -0.05) is 6.07 Å². The van der Waals surface area contributed by atoms with Crippen LogP contribution in [0.3, 0.4) is 0 Å². The molecule has 1 aromatic rings. The van der Waals surface area contributed by atoms with E-state index in [-0.39, 0.29) is 24.1 Å². The minimum atomic E-state index is 0. The zero-order chi connectivity index (χ0) is 13.2. The number of halogens is 1. The number of phenols is 1. The third-order valence-electron chi connectivity index (χ3n) is 4.14. The molecule has 110 valence electrons. The molecule has 0 radical (unpaired) electrons. The van der Waals surface area contributed by atoms with Crippen molar-refractivity contribution in [2.45, 2.75) is 38.3 Å². The molecule has 4 nitrogen and oxygen atoms in total. The highest BCUT2D eigenvalue weighted by Crippen LogP contribution is 2.24. The van der Waals surface area contributed by atoms with Gasteiger partial charge in [0.1, 0.15) is 5.75 Å². The molecule has 2 aliphatic heterocycles. The lowest BCUT2D eigenvalue weighted by molar-refractivity contribution is -0.132. The lowest BCUT2D eigenvalue weighted by Crippen LogP contribution is -2.39. The van der Waals surface area contributed by atoms with Crippen LogP contribution in [0, 0.1) is 0 Å². The summed E-state index contributed by atoms with van der Waals surface area (Å²) in [4.78, 5) is 14.2. The molecule has 2 aliphatic rings. The molecule has 0 aromatic heterocycles. The van der Waals surface area contributed by atoms with Gasteiger partial charge in [0, 0.05) is 25.6 Å². The van der Waals surface area contributed by atoms with Gasteiger partial charge in [-0.25, -0.2) is 0 Å². The molecule has 1 amide bonds. The van der Waals surface area contributed by atoms with Gasteiger partial charge in [-0.15, -0.1) is 12.4 Å². The molecule has 5 heteroatoms. The molecule has 1 fully saturated rings. The molecule has 0 spiro atoms. The number of fused-ring (bicyclic) bond motifs is 1. The van der Waals surface area contributed by atoms with E-state index in [1.54, 1.807) is 12.1 Å². The monoisotopic (exact) mass is 296 g/mol. The lowest BCUT2D eigenvalue weighted by atomic mass is 9.99. The third-order valence-corrected chi connectivity index (χ3v) is 4.14. The van der Waals surface area contributed by atoms with Gasteiger partial charge in [-0.2, -0.15) is 0 Å². The fourth-order valence-corrected chi connectivity index (χ4v) is 3.03. The Morgan fingerprint density at radius 2 is 2.25 bits per heavy atom. The second-order valence-electron chi connectivity index (χ2n) is 5.52. The van der Waals surface area contributed by atoms with Crippen LogP contribution in [0.25, 0.3) is 0 Å². The summed E-state index contributed by atoms with van der Waals surface area (Å²) in [5, 5.41) is 12.9. The van der Waals surface area contributed by atoms with Crippen LogP contribution in [0.15, 0.2) is 18.2 Å². The quantitative estimate of drug-likeness (QED) is 0.875. The van der Waals surface area contributed by atoms with Crippen LogP contribution in [-0.4, -0.2) is 35.0 Å². The highest BCUT2D eigenvalue weighted by atomic mass is 35.5. The standard InChI is InChI=1S/C15H20N2O2.ClH/c18-14-4-3-11-5-7-17(10-12(11)8-14)15(19)9-13-2-1-6-16-13;/h3-4,8,13,16,18H,1-2,5-7,9-10H2;1H. The van der Waals surface area contributed by atoms with Crippen LogP contribution in [0.5, 0.6) is 5.75 Å². The van der Waals surface area contributed by atoms with Gasteiger partial charge in [0.25, 0.3) is 0 Å². The topological polar surface area (TPSA) is 52.6 Å². The zero-order valence-corrected chi connectivity index (χ0v) is 12.3. The van der Waals surface area contributed by atoms with Gasteiger partial charge in [0.2, 0.25) is 5.91 Å². The summed E-state index contributed by atoms with van der Waals surface area (Å²) < 4.78 is 0. The van der Waals surface area contributed by atoms with E-state index in [1.165, 1.54) is 12.0 Å². The summed E-state index contributed by atoms with van der Waals surface area (Å²) in [5.41, 5.74) is 2.33. The first-order chi connectivity index (χ1) is 9.22. The van der Waals surface area contributed by atoms with Crippen LogP contribution >= 0.6 is 12.4 Å². The number of carbonyl (C=O) groups is 1. The first-order valence-corrected chi connectivity index (χ1v) is 7.04. The van der Waals surface area contributed by atoms with E-state index >= 15 is 0 Å². The van der Waals surface area contributed by atoms with Crippen LogP contribution in [0.2, 0.25) is 0 Å². The van der Waals surface area contributed by atoms with Gasteiger partial charge < -0.3 is 15.3 Å². The summed E-state index contributed by atoms with van der Waals surface area (Å²) in [6, 6.07) is 5.82. The van der Waals surface area contributed by atoms with Crippen LogP contribution in [0.1, 0.15) is 30.4 Å². The summed E-state index contributed by atoms with van der Waals surface area (Å²) in [6.45, 7) is 2.47. The van der Waals surface area contributed by atoms with Gasteiger partial charge >= 0.3 is 0 Å². The molecular formula is C15H21ClN2O2. The Morgan fingerprint density at radius 1 is 1.40 bits per heavy atom. The number of aromatic hydroxyl groups is 1. The van der Waals surface area contributed by atoms with Crippen molar-refractivity contribution in [3.8, 4) is 5.75 Å². The Hall–Kier alpha value is -1.26. The molecule has 1 saturated heterocycles. The largest absolute Gasteiger partial charge is 0.508 e. The third kappa shape index (κ3) is 3.25. The number of hydrogen-bond acceptors (Lipinski definition) is 3. The van der Waals surface area contributed by atoms with E-state index in [1.807, 2.05) is 11.0 Å². The molecule has 0 bridgehead atoms. The van der Waals surface area contributed by atoms with Gasteiger partial charge in [0.05, 0.1) is 0 Å². The molecule has 1 aromatic carbocycles. The Kier molecular flexibility index (Phi) is 4.89. The van der Waals surface area contributed by atoms with E-state index in [2.05, 4.69) is 5.32 Å². The van der Waals surface area contributed by atoms with Gasteiger partial charge in [-0.3, -0.25) is 4.79 Å². The van der Waals surface area contributed by atoms with Gasteiger partial charge in [-0.05, 0) is 49.1 Å². The van der Waals surface area contributed by atoms with E-state index in [0.717, 1.165) is 31.5 Å². The number of carbonyl (C=O) groups excluding carboxylic acids is 1. The van der Waals surface area contributed by atoms with Crippen molar-refractivity contribution in [1.29, 1.82) is 0 Å². The minimum absolute atomic E-state index is 0. The van der Waals surface area contributed by atoms with Crippen molar-refractivity contribution in [2.24, 2.45) is 0 Å². The van der Waals surface area contributed by atoms with E-state index in [9.17, 15) is 9.90 Å². The second kappa shape index (κ2) is 6.46. The summed E-state index contributed by atoms with van der Waals surface area (Å²) in [6.07, 6.45) is 3.78. The maximum absolute atomic E-state index is 12.3. The molecule has 1 unspecified atom stereocenters. The average molecular weight is 297 g/mol. The number of amides is 1. The van der Waals surface area contributed by atoms with Crippen molar-refractivity contribution < 1.29 is 9.90 Å². The van der Waals surface area contributed by atoms with Crippen LogP contribution in [-0.2, 0) is 17.8 Å². The SMILES string of the molecule is Cl.O=C(CC1CCCN1)N1CCc2ccc(O)cc2C1. The zero-order valence-electron chi connectivity index (χ0n) is 11.5. The fourth-order valence-electron chi connectivity index (χ4n) is 3.03. The Morgan fingerprint density at radius 3 is 3.00 bits per heavy atom. The summed E-state index contributed by atoms with van der Waals surface area (Å²) in [5.74, 6) is 0.513. The van der Waals surface area contributed by atoms with Crippen molar-refractivity contribution in [3.05, 3.63) is 29.3 Å². The predicted molar refractivity (Wildman–Crippen MR) is 80.1 cm³/mol. The molecule has 2 N–H and O–H groups in total. The molecule has 1 atom stereocenters. The predicted octanol–water partition coefficient (Wildman–Crippen LogP) is 1.84. The van der Waals surface area contributed by atoms with Crippen molar-refractivity contribution >= 4 is 18.3 Å². The molecular weight excluding hydrogens is 276 g/mol. The number of hydrogen-bond donors (Lipinski definition) is 2. The molecule has 20 heavy (non-hydrogen) atoms. The Labute approximate surface area is 125 Å².